The second-order valence-electron chi connectivity index (χ2n) is 8.73. The van der Waals surface area contributed by atoms with Gasteiger partial charge in [-0.1, -0.05) is 19.8 Å². The van der Waals surface area contributed by atoms with E-state index in [1.165, 1.54) is 25.7 Å². The van der Waals surface area contributed by atoms with Gasteiger partial charge >= 0.3 is 0 Å². The van der Waals surface area contributed by atoms with Gasteiger partial charge in [0.15, 0.2) is 15.8 Å². The molecule has 1 saturated carbocycles. The summed E-state index contributed by atoms with van der Waals surface area (Å²) in [5.41, 5.74) is -0.163. The summed E-state index contributed by atoms with van der Waals surface area (Å²) in [6.45, 7) is 6.57. The first-order valence-corrected chi connectivity index (χ1v) is 12.1. The monoisotopic (exact) mass is 385 g/mol. The van der Waals surface area contributed by atoms with Crippen molar-refractivity contribution in [2.45, 2.75) is 70.4 Å². The van der Waals surface area contributed by atoms with Gasteiger partial charge in [-0.15, -0.1) is 0 Å². The molecule has 0 amide bonds. The highest BCUT2D eigenvalue weighted by Crippen LogP contribution is 2.26. The van der Waals surface area contributed by atoms with Gasteiger partial charge < -0.3 is 15.4 Å². The summed E-state index contributed by atoms with van der Waals surface area (Å²) in [6.07, 6.45) is 7.90. The number of aliphatic imine (C=N–C) groups is 1. The quantitative estimate of drug-likeness (QED) is 0.560. The molecule has 150 valence electrons. The second kappa shape index (κ2) is 8.46. The Morgan fingerprint density at radius 2 is 2.04 bits per heavy atom. The van der Waals surface area contributed by atoms with Gasteiger partial charge in [0.25, 0.3) is 0 Å². The molecule has 2 saturated heterocycles. The average molecular weight is 386 g/mol. The molecule has 4 unspecified atom stereocenters. The molecular formula is C19H35N3O3S. The van der Waals surface area contributed by atoms with E-state index in [0.29, 0.717) is 36.6 Å². The standard InChI is InChI=1S/C19H35N3O3S/c1-15-6-3-4-7-17(15)22-18(21-14-19(2)9-5-10-25-19)20-12-16-8-11-26(23,24)13-16/h15-17H,3-14H2,1-2H3,(H2,20,21,22). The first-order chi connectivity index (χ1) is 12.4. The van der Waals surface area contributed by atoms with Gasteiger partial charge in [-0.05, 0) is 50.9 Å². The minimum Gasteiger partial charge on any atom is -0.373 e. The zero-order valence-corrected chi connectivity index (χ0v) is 17.1. The molecule has 4 atom stereocenters. The van der Waals surface area contributed by atoms with Crippen LogP contribution in [0.4, 0.5) is 0 Å². The van der Waals surface area contributed by atoms with Crippen molar-refractivity contribution < 1.29 is 13.2 Å². The SMILES string of the molecule is CC1CCCCC1NC(=NCC1(C)CCCO1)NCC1CCS(=O)(=O)C1. The highest BCUT2D eigenvalue weighted by Gasteiger charge is 2.31. The van der Waals surface area contributed by atoms with Crippen molar-refractivity contribution in [2.75, 3.05) is 31.2 Å². The molecule has 3 fully saturated rings. The number of ether oxygens (including phenoxy) is 1. The molecule has 0 aromatic heterocycles. The van der Waals surface area contributed by atoms with Crippen molar-refractivity contribution in [1.29, 1.82) is 0 Å². The molecular weight excluding hydrogens is 350 g/mol. The molecule has 3 aliphatic rings. The third-order valence-electron chi connectivity index (χ3n) is 6.19. The predicted molar refractivity (Wildman–Crippen MR) is 105 cm³/mol. The lowest BCUT2D eigenvalue weighted by Gasteiger charge is -2.31. The molecule has 2 N–H and O–H groups in total. The van der Waals surface area contributed by atoms with Gasteiger partial charge in [-0.3, -0.25) is 4.99 Å². The number of hydrogen-bond donors (Lipinski definition) is 2. The van der Waals surface area contributed by atoms with Crippen molar-refractivity contribution in [2.24, 2.45) is 16.8 Å². The molecule has 2 aliphatic heterocycles. The maximum atomic E-state index is 11.7. The average Bonchev–Trinajstić information content (AvgIpc) is 3.18. The fourth-order valence-electron chi connectivity index (χ4n) is 4.34. The van der Waals surface area contributed by atoms with Crippen molar-refractivity contribution >= 4 is 15.8 Å². The summed E-state index contributed by atoms with van der Waals surface area (Å²) in [6, 6.07) is 0.444. The zero-order chi connectivity index (χ0) is 18.6. The Morgan fingerprint density at radius 3 is 2.69 bits per heavy atom. The molecule has 0 radical (unpaired) electrons. The van der Waals surface area contributed by atoms with Crippen LogP contribution in [0.3, 0.4) is 0 Å². The van der Waals surface area contributed by atoms with E-state index in [4.69, 9.17) is 9.73 Å². The minimum atomic E-state index is -2.83. The Labute approximate surface area is 158 Å². The lowest BCUT2D eigenvalue weighted by molar-refractivity contribution is 0.0283. The molecule has 0 aromatic carbocycles. The topological polar surface area (TPSA) is 79.8 Å². The summed E-state index contributed by atoms with van der Waals surface area (Å²) >= 11 is 0. The Kier molecular flexibility index (Phi) is 6.49. The second-order valence-corrected chi connectivity index (χ2v) is 11.0. The summed E-state index contributed by atoms with van der Waals surface area (Å²) < 4.78 is 29.3. The molecule has 2 heterocycles. The van der Waals surface area contributed by atoms with Crippen molar-refractivity contribution in [3.8, 4) is 0 Å². The van der Waals surface area contributed by atoms with E-state index in [2.05, 4.69) is 24.5 Å². The predicted octanol–water partition coefficient (Wildman–Crippen LogP) is 2.10. The van der Waals surface area contributed by atoms with Crippen LogP contribution < -0.4 is 10.6 Å². The number of hydrogen-bond acceptors (Lipinski definition) is 4. The van der Waals surface area contributed by atoms with E-state index < -0.39 is 9.84 Å². The number of rotatable bonds is 5. The van der Waals surface area contributed by atoms with Crippen LogP contribution in [0.1, 0.15) is 58.8 Å². The first-order valence-electron chi connectivity index (χ1n) is 10.2. The van der Waals surface area contributed by atoms with Crippen molar-refractivity contribution in [3.05, 3.63) is 0 Å². The van der Waals surface area contributed by atoms with Crippen LogP contribution in [0.2, 0.25) is 0 Å². The molecule has 6 nitrogen and oxygen atoms in total. The van der Waals surface area contributed by atoms with Crippen LogP contribution >= 0.6 is 0 Å². The van der Waals surface area contributed by atoms with Crippen LogP contribution in [0.5, 0.6) is 0 Å². The number of guanidine groups is 1. The van der Waals surface area contributed by atoms with Crippen LogP contribution in [-0.2, 0) is 14.6 Å². The van der Waals surface area contributed by atoms with Crippen LogP contribution in [0, 0.1) is 11.8 Å². The molecule has 7 heteroatoms. The van der Waals surface area contributed by atoms with E-state index >= 15 is 0 Å². The third-order valence-corrected chi connectivity index (χ3v) is 8.03. The molecule has 3 rings (SSSR count). The van der Waals surface area contributed by atoms with E-state index in [-0.39, 0.29) is 11.5 Å². The molecule has 26 heavy (non-hydrogen) atoms. The number of sulfone groups is 1. The van der Waals surface area contributed by atoms with Crippen LogP contribution in [-0.4, -0.2) is 57.2 Å². The third kappa shape index (κ3) is 5.59. The van der Waals surface area contributed by atoms with Gasteiger partial charge in [-0.2, -0.15) is 0 Å². The summed E-state index contributed by atoms with van der Waals surface area (Å²) in [7, 11) is -2.83. The lowest BCUT2D eigenvalue weighted by atomic mass is 9.86. The smallest absolute Gasteiger partial charge is 0.191 e. The summed E-state index contributed by atoms with van der Waals surface area (Å²) in [5.74, 6) is 2.28. The Morgan fingerprint density at radius 1 is 1.23 bits per heavy atom. The van der Waals surface area contributed by atoms with Gasteiger partial charge in [0.2, 0.25) is 0 Å². The number of nitrogens with one attached hydrogen (secondary N) is 2. The molecule has 1 aliphatic carbocycles. The van der Waals surface area contributed by atoms with E-state index in [9.17, 15) is 8.42 Å². The normalized spacial score (nSPS) is 37.6. The van der Waals surface area contributed by atoms with Gasteiger partial charge in [0, 0.05) is 19.2 Å². The highest BCUT2D eigenvalue weighted by atomic mass is 32.2. The van der Waals surface area contributed by atoms with E-state index in [0.717, 1.165) is 31.8 Å². The van der Waals surface area contributed by atoms with Gasteiger partial charge in [0.1, 0.15) is 0 Å². The van der Waals surface area contributed by atoms with Gasteiger partial charge in [0.05, 0.1) is 23.7 Å². The fraction of sp³-hybridized carbons (Fsp3) is 0.947. The molecule has 0 aromatic rings. The number of nitrogens with zero attached hydrogens (tertiary/aromatic N) is 1. The minimum absolute atomic E-state index is 0.163. The van der Waals surface area contributed by atoms with Crippen LogP contribution in [0.15, 0.2) is 4.99 Å². The van der Waals surface area contributed by atoms with Crippen molar-refractivity contribution in [3.63, 3.8) is 0 Å². The van der Waals surface area contributed by atoms with E-state index in [1.54, 1.807) is 0 Å². The molecule has 0 bridgehead atoms. The lowest BCUT2D eigenvalue weighted by Crippen LogP contribution is -2.49. The summed E-state index contributed by atoms with van der Waals surface area (Å²) in [5, 5.41) is 7.05. The molecule has 0 spiro atoms. The fourth-order valence-corrected chi connectivity index (χ4v) is 6.20. The van der Waals surface area contributed by atoms with E-state index in [1.807, 2.05) is 0 Å². The zero-order valence-electron chi connectivity index (χ0n) is 16.3. The van der Waals surface area contributed by atoms with Gasteiger partial charge in [-0.25, -0.2) is 8.42 Å². The maximum absolute atomic E-state index is 11.7. The largest absolute Gasteiger partial charge is 0.373 e. The van der Waals surface area contributed by atoms with Crippen LogP contribution in [0.25, 0.3) is 0 Å². The summed E-state index contributed by atoms with van der Waals surface area (Å²) in [4.78, 5) is 4.82. The van der Waals surface area contributed by atoms with Crippen molar-refractivity contribution in [1.82, 2.24) is 10.6 Å². The Balaban J connectivity index is 1.60. The Hall–Kier alpha value is -0.820. The first kappa shape index (κ1) is 19.9. The Bertz CT molecular complexity index is 599. The maximum Gasteiger partial charge on any atom is 0.191 e. The highest BCUT2D eigenvalue weighted by molar-refractivity contribution is 7.91.